The van der Waals surface area contributed by atoms with Crippen LogP contribution >= 0.6 is 0 Å². The molecule has 0 aromatic heterocycles. The maximum absolute atomic E-state index is 12.2. The summed E-state index contributed by atoms with van der Waals surface area (Å²) in [5.74, 6) is 0.701. The molecule has 2 nitrogen and oxygen atoms in total. The summed E-state index contributed by atoms with van der Waals surface area (Å²) in [5, 5.41) is 2.97. The number of alkyl halides is 2. The van der Waals surface area contributed by atoms with Crippen LogP contribution in [0.15, 0.2) is 0 Å². The van der Waals surface area contributed by atoms with Crippen molar-refractivity contribution in [3.05, 3.63) is 0 Å². The third-order valence-electron chi connectivity index (χ3n) is 3.49. The van der Waals surface area contributed by atoms with Crippen LogP contribution in [-0.4, -0.2) is 25.1 Å². The van der Waals surface area contributed by atoms with Crippen LogP contribution in [0, 0.1) is 5.92 Å². The van der Waals surface area contributed by atoms with E-state index in [4.69, 9.17) is 5.73 Å². The van der Waals surface area contributed by atoms with E-state index in [1.54, 1.807) is 0 Å². The lowest BCUT2D eigenvalue weighted by Crippen LogP contribution is -2.52. The van der Waals surface area contributed by atoms with Crippen LogP contribution in [0.4, 0.5) is 8.78 Å². The predicted octanol–water partition coefficient (Wildman–Crippen LogP) is 2.14. The standard InChI is InChI=1S/C11H22F2N2/c1-9-3-2-5-11(8-14,6-4-9)15-7-10(12)13/h9-10,15H,2-8,14H2,1H3. The van der Waals surface area contributed by atoms with Gasteiger partial charge in [-0.05, 0) is 25.2 Å². The van der Waals surface area contributed by atoms with Crippen molar-refractivity contribution in [2.24, 2.45) is 11.7 Å². The molecule has 1 aliphatic carbocycles. The minimum Gasteiger partial charge on any atom is -0.329 e. The second kappa shape index (κ2) is 5.75. The third kappa shape index (κ3) is 4.03. The Morgan fingerprint density at radius 2 is 2.13 bits per heavy atom. The number of halogens is 2. The van der Waals surface area contributed by atoms with E-state index in [9.17, 15) is 8.78 Å². The molecule has 2 atom stereocenters. The van der Waals surface area contributed by atoms with Crippen LogP contribution in [0.3, 0.4) is 0 Å². The second-order valence-electron chi connectivity index (χ2n) is 4.79. The van der Waals surface area contributed by atoms with Gasteiger partial charge in [-0.3, -0.25) is 0 Å². The fourth-order valence-electron chi connectivity index (χ4n) is 2.33. The lowest BCUT2D eigenvalue weighted by Gasteiger charge is -2.32. The molecule has 15 heavy (non-hydrogen) atoms. The Morgan fingerprint density at radius 1 is 1.40 bits per heavy atom. The summed E-state index contributed by atoms with van der Waals surface area (Å²) < 4.78 is 24.3. The van der Waals surface area contributed by atoms with E-state index >= 15 is 0 Å². The molecule has 3 N–H and O–H groups in total. The van der Waals surface area contributed by atoms with Crippen molar-refractivity contribution in [3.8, 4) is 0 Å². The summed E-state index contributed by atoms with van der Waals surface area (Å²) in [6.45, 7) is 2.46. The Labute approximate surface area is 90.6 Å². The van der Waals surface area contributed by atoms with Crippen LogP contribution in [0.1, 0.15) is 39.0 Å². The Kier molecular flexibility index (Phi) is 4.93. The molecule has 0 amide bonds. The normalized spacial score (nSPS) is 33.0. The lowest BCUT2D eigenvalue weighted by molar-refractivity contribution is 0.125. The van der Waals surface area contributed by atoms with Crippen LogP contribution in [0.2, 0.25) is 0 Å². The highest BCUT2D eigenvalue weighted by atomic mass is 19.3. The second-order valence-corrected chi connectivity index (χ2v) is 4.79. The van der Waals surface area contributed by atoms with Gasteiger partial charge >= 0.3 is 0 Å². The first-order chi connectivity index (χ1) is 7.08. The van der Waals surface area contributed by atoms with Gasteiger partial charge in [-0.1, -0.05) is 19.8 Å². The van der Waals surface area contributed by atoms with Crippen molar-refractivity contribution in [2.45, 2.75) is 51.0 Å². The molecule has 1 rings (SSSR count). The molecule has 4 heteroatoms. The van der Waals surface area contributed by atoms with E-state index in [0.29, 0.717) is 12.5 Å². The molecule has 0 radical (unpaired) electrons. The van der Waals surface area contributed by atoms with E-state index < -0.39 is 6.43 Å². The molecule has 1 aliphatic rings. The number of hydrogen-bond acceptors (Lipinski definition) is 2. The molecule has 0 aromatic carbocycles. The maximum atomic E-state index is 12.2. The Hall–Kier alpha value is -0.220. The Bertz CT molecular complexity index is 187. The Morgan fingerprint density at radius 3 is 2.73 bits per heavy atom. The zero-order valence-electron chi connectivity index (χ0n) is 9.44. The monoisotopic (exact) mass is 220 g/mol. The zero-order valence-corrected chi connectivity index (χ0v) is 9.44. The fraction of sp³-hybridized carbons (Fsp3) is 1.00. The van der Waals surface area contributed by atoms with Crippen LogP contribution in [0.25, 0.3) is 0 Å². The predicted molar refractivity (Wildman–Crippen MR) is 58.0 cm³/mol. The molecule has 0 bridgehead atoms. The van der Waals surface area contributed by atoms with Crippen molar-refractivity contribution in [1.82, 2.24) is 5.32 Å². The van der Waals surface area contributed by atoms with Crippen molar-refractivity contribution in [3.63, 3.8) is 0 Å². The molecule has 0 aliphatic heterocycles. The van der Waals surface area contributed by atoms with Crippen LogP contribution < -0.4 is 11.1 Å². The summed E-state index contributed by atoms with van der Waals surface area (Å²) in [7, 11) is 0. The summed E-state index contributed by atoms with van der Waals surface area (Å²) in [6.07, 6.45) is 2.95. The largest absolute Gasteiger partial charge is 0.329 e. The number of nitrogens with two attached hydrogens (primary N) is 1. The first-order valence-corrected chi connectivity index (χ1v) is 5.81. The van der Waals surface area contributed by atoms with Gasteiger partial charge in [-0.15, -0.1) is 0 Å². The third-order valence-corrected chi connectivity index (χ3v) is 3.49. The van der Waals surface area contributed by atoms with Gasteiger partial charge in [0, 0.05) is 12.1 Å². The zero-order chi connectivity index (χ0) is 11.3. The highest BCUT2D eigenvalue weighted by molar-refractivity contribution is 4.91. The first-order valence-electron chi connectivity index (χ1n) is 5.81. The van der Waals surface area contributed by atoms with Crippen LogP contribution in [0.5, 0.6) is 0 Å². The minimum absolute atomic E-state index is 0.231. The highest BCUT2D eigenvalue weighted by Gasteiger charge is 2.31. The molecular weight excluding hydrogens is 198 g/mol. The van der Waals surface area contributed by atoms with E-state index in [1.807, 2.05) is 0 Å². The minimum atomic E-state index is -2.28. The molecule has 1 saturated carbocycles. The molecule has 0 spiro atoms. The molecule has 0 saturated heterocycles. The quantitative estimate of drug-likeness (QED) is 0.712. The van der Waals surface area contributed by atoms with E-state index in [0.717, 1.165) is 25.7 Å². The topological polar surface area (TPSA) is 38.0 Å². The van der Waals surface area contributed by atoms with E-state index in [-0.39, 0.29) is 12.1 Å². The summed E-state index contributed by atoms with van der Waals surface area (Å²) >= 11 is 0. The average molecular weight is 220 g/mol. The van der Waals surface area contributed by atoms with E-state index in [1.165, 1.54) is 6.42 Å². The van der Waals surface area contributed by atoms with Gasteiger partial charge in [0.2, 0.25) is 0 Å². The number of hydrogen-bond donors (Lipinski definition) is 2. The van der Waals surface area contributed by atoms with Gasteiger partial charge in [-0.2, -0.15) is 0 Å². The average Bonchev–Trinajstić information content (AvgIpc) is 2.39. The smallest absolute Gasteiger partial charge is 0.250 e. The Balaban J connectivity index is 2.50. The van der Waals surface area contributed by atoms with Gasteiger partial charge in [0.25, 0.3) is 6.43 Å². The highest BCUT2D eigenvalue weighted by Crippen LogP contribution is 2.29. The SMILES string of the molecule is CC1CCCC(CN)(NCC(F)F)CC1. The van der Waals surface area contributed by atoms with Crippen molar-refractivity contribution in [1.29, 1.82) is 0 Å². The summed E-state index contributed by atoms with van der Waals surface area (Å²) in [5.41, 5.74) is 5.50. The van der Waals surface area contributed by atoms with Crippen molar-refractivity contribution >= 4 is 0 Å². The van der Waals surface area contributed by atoms with E-state index in [2.05, 4.69) is 12.2 Å². The lowest BCUT2D eigenvalue weighted by atomic mass is 9.90. The molecule has 2 unspecified atom stereocenters. The summed E-state index contributed by atoms with van der Waals surface area (Å²) in [4.78, 5) is 0. The van der Waals surface area contributed by atoms with Gasteiger partial charge in [0.1, 0.15) is 0 Å². The molecule has 1 fully saturated rings. The van der Waals surface area contributed by atoms with Crippen LogP contribution in [-0.2, 0) is 0 Å². The van der Waals surface area contributed by atoms with Gasteiger partial charge in [-0.25, -0.2) is 8.78 Å². The fourth-order valence-corrected chi connectivity index (χ4v) is 2.33. The maximum Gasteiger partial charge on any atom is 0.250 e. The molecule has 0 aromatic rings. The first kappa shape index (κ1) is 12.8. The summed E-state index contributed by atoms with van der Waals surface area (Å²) in [6, 6.07) is 0. The molecule has 90 valence electrons. The molecule has 0 heterocycles. The van der Waals surface area contributed by atoms with Gasteiger partial charge in [0.05, 0.1) is 6.54 Å². The van der Waals surface area contributed by atoms with Crippen molar-refractivity contribution in [2.75, 3.05) is 13.1 Å². The number of nitrogens with one attached hydrogen (secondary N) is 1. The number of rotatable bonds is 4. The molecular formula is C11H22F2N2. The van der Waals surface area contributed by atoms with Crippen molar-refractivity contribution < 1.29 is 8.78 Å². The van der Waals surface area contributed by atoms with Gasteiger partial charge in [0.15, 0.2) is 0 Å². The van der Waals surface area contributed by atoms with Gasteiger partial charge < -0.3 is 11.1 Å².